The van der Waals surface area contributed by atoms with E-state index in [1.807, 2.05) is 13.8 Å². The highest BCUT2D eigenvalue weighted by molar-refractivity contribution is 7.91. The lowest BCUT2D eigenvalue weighted by molar-refractivity contribution is -0.134. The Morgan fingerprint density at radius 2 is 2.19 bits per heavy atom. The van der Waals surface area contributed by atoms with Crippen molar-refractivity contribution in [1.82, 2.24) is 5.16 Å². The van der Waals surface area contributed by atoms with Crippen LogP contribution in [0.25, 0.3) is 0 Å². The van der Waals surface area contributed by atoms with Gasteiger partial charge in [-0.25, -0.2) is 8.42 Å². The molecule has 0 unspecified atom stereocenters. The number of aliphatic carboxylic acids is 1. The Hall–Kier alpha value is -1.37. The molecule has 0 fully saturated rings. The summed E-state index contributed by atoms with van der Waals surface area (Å²) in [6.45, 7) is 3.79. The Balaban J connectivity index is 2.76. The van der Waals surface area contributed by atoms with E-state index in [-0.39, 0.29) is 11.7 Å². The molecule has 1 rings (SSSR count). The number of rotatable bonds is 5. The standard InChI is InChI=1S/C9H13NO5S/c1-6(2)8-3-7(15-10-8)4-16(13,14)5-9(11)12/h3,6H,4-5H2,1-2H3,(H,11,12). The third kappa shape index (κ3) is 3.65. The van der Waals surface area contributed by atoms with E-state index in [4.69, 9.17) is 9.63 Å². The molecular weight excluding hydrogens is 234 g/mol. The highest BCUT2D eigenvalue weighted by Gasteiger charge is 2.19. The molecule has 7 heteroatoms. The number of sulfone groups is 1. The molecule has 0 aliphatic rings. The van der Waals surface area contributed by atoms with E-state index in [1.54, 1.807) is 0 Å². The van der Waals surface area contributed by atoms with Crippen molar-refractivity contribution in [3.8, 4) is 0 Å². The smallest absolute Gasteiger partial charge is 0.318 e. The lowest BCUT2D eigenvalue weighted by Gasteiger charge is -1.96. The summed E-state index contributed by atoms with van der Waals surface area (Å²) in [6.07, 6.45) is 0. The molecule has 1 heterocycles. The van der Waals surface area contributed by atoms with Crippen LogP contribution in [0.3, 0.4) is 0 Å². The van der Waals surface area contributed by atoms with Crippen LogP contribution in [-0.2, 0) is 20.4 Å². The fourth-order valence-corrected chi connectivity index (χ4v) is 2.17. The summed E-state index contributed by atoms with van der Waals surface area (Å²) in [7, 11) is -3.68. The highest BCUT2D eigenvalue weighted by atomic mass is 32.2. The Morgan fingerprint density at radius 3 is 2.62 bits per heavy atom. The molecule has 16 heavy (non-hydrogen) atoms. The van der Waals surface area contributed by atoms with Crippen LogP contribution < -0.4 is 0 Å². The van der Waals surface area contributed by atoms with Gasteiger partial charge in [-0.1, -0.05) is 19.0 Å². The minimum atomic E-state index is -3.68. The van der Waals surface area contributed by atoms with Crippen LogP contribution in [0.5, 0.6) is 0 Å². The van der Waals surface area contributed by atoms with Crippen molar-refractivity contribution in [3.63, 3.8) is 0 Å². The predicted octanol–water partition coefficient (Wildman–Crippen LogP) is 0.797. The predicted molar refractivity (Wildman–Crippen MR) is 55.7 cm³/mol. The second kappa shape index (κ2) is 4.65. The summed E-state index contributed by atoms with van der Waals surface area (Å²) < 4.78 is 27.5. The van der Waals surface area contributed by atoms with Crippen molar-refractivity contribution >= 4 is 15.8 Å². The zero-order valence-corrected chi connectivity index (χ0v) is 9.82. The molecule has 0 atom stereocenters. The summed E-state index contributed by atoms with van der Waals surface area (Å²) in [6, 6.07) is 1.53. The Kier molecular flexibility index (Phi) is 3.69. The number of nitrogens with zero attached hydrogens (tertiary/aromatic N) is 1. The van der Waals surface area contributed by atoms with Gasteiger partial charge in [0.05, 0.1) is 5.69 Å². The first-order valence-electron chi connectivity index (χ1n) is 4.68. The third-order valence-electron chi connectivity index (χ3n) is 1.87. The van der Waals surface area contributed by atoms with E-state index in [0.29, 0.717) is 5.69 Å². The maximum Gasteiger partial charge on any atom is 0.318 e. The molecule has 1 aromatic rings. The molecule has 0 radical (unpaired) electrons. The van der Waals surface area contributed by atoms with Gasteiger partial charge in [0.15, 0.2) is 15.6 Å². The van der Waals surface area contributed by atoms with E-state index < -0.39 is 27.3 Å². The Morgan fingerprint density at radius 1 is 1.56 bits per heavy atom. The maximum absolute atomic E-state index is 11.3. The SMILES string of the molecule is CC(C)c1cc(CS(=O)(=O)CC(=O)O)on1. The van der Waals surface area contributed by atoms with Gasteiger partial charge >= 0.3 is 5.97 Å². The van der Waals surface area contributed by atoms with E-state index in [0.717, 1.165) is 0 Å². The first-order valence-corrected chi connectivity index (χ1v) is 6.50. The van der Waals surface area contributed by atoms with Gasteiger partial charge in [-0.05, 0) is 5.92 Å². The van der Waals surface area contributed by atoms with Gasteiger partial charge in [0.1, 0.15) is 11.5 Å². The summed E-state index contributed by atoms with van der Waals surface area (Å²) in [5, 5.41) is 12.1. The fourth-order valence-electron chi connectivity index (χ4n) is 1.12. The number of carboxylic acids is 1. The Bertz CT molecular complexity index is 474. The largest absolute Gasteiger partial charge is 0.480 e. The second-order valence-corrected chi connectivity index (χ2v) is 5.86. The van der Waals surface area contributed by atoms with Crippen molar-refractivity contribution in [3.05, 3.63) is 17.5 Å². The lowest BCUT2D eigenvalue weighted by Crippen LogP contribution is -2.16. The summed E-state index contributed by atoms with van der Waals surface area (Å²) in [5.74, 6) is -2.39. The molecule has 0 bridgehead atoms. The van der Waals surface area contributed by atoms with Gasteiger partial charge in [0.25, 0.3) is 0 Å². The van der Waals surface area contributed by atoms with Crippen molar-refractivity contribution in [1.29, 1.82) is 0 Å². The van der Waals surface area contributed by atoms with Crippen molar-refractivity contribution in [2.75, 3.05) is 5.75 Å². The van der Waals surface area contributed by atoms with Crippen LogP contribution in [0.15, 0.2) is 10.6 Å². The van der Waals surface area contributed by atoms with Crippen LogP contribution in [0.2, 0.25) is 0 Å². The minimum absolute atomic E-state index is 0.139. The van der Waals surface area contributed by atoms with Crippen LogP contribution >= 0.6 is 0 Å². The fraction of sp³-hybridized carbons (Fsp3) is 0.556. The summed E-state index contributed by atoms with van der Waals surface area (Å²) in [4.78, 5) is 10.3. The normalized spacial score (nSPS) is 11.9. The van der Waals surface area contributed by atoms with E-state index in [9.17, 15) is 13.2 Å². The van der Waals surface area contributed by atoms with Gasteiger partial charge in [-0.2, -0.15) is 0 Å². The molecule has 0 aliphatic heterocycles. The van der Waals surface area contributed by atoms with Gasteiger partial charge in [-0.3, -0.25) is 4.79 Å². The van der Waals surface area contributed by atoms with Crippen molar-refractivity contribution in [2.24, 2.45) is 0 Å². The van der Waals surface area contributed by atoms with Crippen LogP contribution in [0, 0.1) is 0 Å². The number of carboxylic acid groups (broad SMARTS) is 1. The Labute approximate surface area is 93.2 Å². The van der Waals surface area contributed by atoms with Gasteiger partial charge in [0, 0.05) is 6.07 Å². The summed E-state index contributed by atoms with van der Waals surface area (Å²) in [5.41, 5.74) is 0.653. The molecule has 0 saturated heterocycles. The topological polar surface area (TPSA) is 97.5 Å². The monoisotopic (exact) mass is 247 g/mol. The molecular formula is C9H13NO5S. The minimum Gasteiger partial charge on any atom is -0.480 e. The van der Waals surface area contributed by atoms with E-state index >= 15 is 0 Å². The molecule has 1 aromatic heterocycles. The number of hydrogen-bond acceptors (Lipinski definition) is 5. The number of aromatic nitrogens is 1. The zero-order valence-electron chi connectivity index (χ0n) is 9.00. The second-order valence-electron chi connectivity index (χ2n) is 3.80. The maximum atomic E-state index is 11.3. The van der Waals surface area contributed by atoms with Crippen LogP contribution in [-0.4, -0.2) is 30.4 Å². The van der Waals surface area contributed by atoms with Gasteiger partial charge in [0.2, 0.25) is 0 Å². The molecule has 0 aliphatic carbocycles. The first kappa shape index (κ1) is 12.7. The average Bonchev–Trinajstić information content (AvgIpc) is 2.48. The molecule has 0 spiro atoms. The van der Waals surface area contributed by atoms with Gasteiger partial charge in [-0.15, -0.1) is 0 Å². The lowest BCUT2D eigenvalue weighted by atomic mass is 10.1. The molecule has 0 saturated carbocycles. The van der Waals surface area contributed by atoms with Gasteiger partial charge < -0.3 is 9.63 Å². The molecule has 0 aromatic carbocycles. The molecule has 6 nitrogen and oxygen atoms in total. The average molecular weight is 247 g/mol. The van der Waals surface area contributed by atoms with Crippen molar-refractivity contribution < 1.29 is 22.8 Å². The molecule has 90 valence electrons. The molecule has 1 N–H and O–H groups in total. The number of hydrogen-bond donors (Lipinski definition) is 1. The van der Waals surface area contributed by atoms with E-state index in [2.05, 4.69) is 5.16 Å². The van der Waals surface area contributed by atoms with Crippen molar-refractivity contribution in [2.45, 2.75) is 25.5 Å². The van der Waals surface area contributed by atoms with Crippen LogP contribution in [0.1, 0.15) is 31.2 Å². The van der Waals surface area contributed by atoms with E-state index in [1.165, 1.54) is 6.07 Å². The quantitative estimate of drug-likeness (QED) is 0.826. The van der Waals surface area contributed by atoms with Crippen LogP contribution in [0.4, 0.5) is 0 Å². The summed E-state index contributed by atoms with van der Waals surface area (Å²) >= 11 is 0. The first-order chi connectivity index (χ1) is 7.30. The molecule has 0 amide bonds. The highest BCUT2D eigenvalue weighted by Crippen LogP contribution is 2.15. The number of carbonyl (C=O) groups is 1. The third-order valence-corrected chi connectivity index (χ3v) is 3.29. The zero-order chi connectivity index (χ0) is 12.3.